The molecule has 0 aliphatic heterocycles. The number of rotatable bonds is 0. The summed E-state index contributed by atoms with van der Waals surface area (Å²) in [5.74, 6) is 0. The summed E-state index contributed by atoms with van der Waals surface area (Å²) in [5, 5.41) is 4.08. The molecule has 1 radical (unpaired) electrons. The van der Waals surface area contributed by atoms with Gasteiger partial charge in [-0.3, -0.25) is 20.4 Å². The third kappa shape index (κ3) is 34.9. The Morgan fingerprint density at radius 2 is 1.00 bits per heavy atom. The molecule has 0 fully saturated rings. The van der Waals surface area contributed by atoms with Crippen LogP contribution < -0.4 is 0 Å². The van der Waals surface area contributed by atoms with Gasteiger partial charge in [-0.05, 0) is 10.8 Å². The van der Waals surface area contributed by atoms with Crippen LogP contribution in [0.5, 0.6) is 0 Å². The minimum absolute atomic E-state index is 0. The smallest absolute Gasteiger partial charge is 0.545 e. The van der Waals surface area contributed by atoms with Gasteiger partial charge in [0.25, 0.3) is 0 Å². The van der Waals surface area contributed by atoms with Crippen molar-refractivity contribution in [1.82, 2.24) is 0 Å². The van der Waals surface area contributed by atoms with Crippen molar-refractivity contribution in [3.05, 3.63) is 22.9 Å². The van der Waals surface area contributed by atoms with Gasteiger partial charge in [-0.25, -0.2) is 0 Å². The molecule has 3 nitrogen and oxygen atoms in total. The van der Waals surface area contributed by atoms with Gasteiger partial charge in [-0.15, -0.1) is 0 Å². The maximum Gasteiger partial charge on any atom is 3.00 e. The van der Waals surface area contributed by atoms with E-state index in [0.29, 0.717) is 0 Å². The van der Waals surface area contributed by atoms with Crippen LogP contribution in [0, 0.1) is 0 Å². The Labute approximate surface area is 86.5 Å². The van der Waals surface area contributed by atoms with E-state index in [4.69, 9.17) is 14.4 Å². The number of carbonyl (C=O) groups excluding carboxylic acids is 3. The van der Waals surface area contributed by atoms with Crippen molar-refractivity contribution in [2.24, 2.45) is 0 Å². The van der Waals surface area contributed by atoms with Crippen LogP contribution in [0.25, 0.3) is 0 Å². The number of hydrogen-bond acceptors (Lipinski definition) is 4. The Morgan fingerprint density at radius 1 is 0.750 bits per heavy atom. The van der Waals surface area contributed by atoms with Crippen LogP contribution in [0.2, 0.25) is 0 Å². The second-order valence-electron chi connectivity index (χ2n) is 0.793. The second kappa shape index (κ2) is 48.6. The van der Waals surface area contributed by atoms with Crippen molar-refractivity contribution in [3.63, 3.8) is 0 Å². The Bertz CT molecular complexity index is 102. The van der Waals surface area contributed by atoms with Crippen molar-refractivity contribution in [2.45, 2.75) is 0 Å². The van der Waals surface area contributed by atoms with E-state index in [1.807, 2.05) is 22.9 Å². The fourth-order valence-electron chi connectivity index (χ4n) is 0.227. The summed E-state index contributed by atoms with van der Waals surface area (Å²) < 4.78 is 0. The summed E-state index contributed by atoms with van der Waals surface area (Å²) in [4.78, 5) is 23.2. The average molecular weight is 223 g/mol. The molecule has 65 valence electrons. The Balaban J connectivity index is -0.0000000406. The van der Waals surface area contributed by atoms with Gasteiger partial charge >= 0.3 is 17.4 Å². The van der Waals surface area contributed by atoms with Gasteiger partial charge in [-0.2, -0.15) is 11.3 Å². The molecule has 0 unspecified atom stereocenters. The van der Waals surface area contributed by atoms with E-state index in [-0.39, 0.29) is 17.4 Å². The summed E-state index contributed by atoms with van der Waals surface area (Å²) in [5.41, 5.74) is 0. The van der Waals surface area contributed by atoms with E-state index in [1.165, 1.54) is 0 Å². The zero-order valence-electron chi connectivity index (χ0n) is 6.08. The van der Waals surface area contributed by atoms with Crippen LogP contribution in [0.3, 0.4) is 0 Å². The molecule has 0 aliphatic rings. The van der Waals surface area contributed by atoms with E-state index >= 15 is 0 Å². The van der Waals surface area contributed by atoms with E-state index in [9.17, 15) is 0 Å². The predicted molar refractivity (Wildman–Crippen MR) is 44.6 cm³/mol. The fourth-order valence-corrected chi connectivity index (χ4v) is 0.680. The van der Waals surface area contributed by atoms with Crippen LogP contribution in [-0.4, -0.2) is 20.4 Å². The molecule has 12 heavy (non-hydrogen) atoms. The van der Waals surface area contributed by atoms with Crippen molar-refractivity contribution >= 4 is 31.7 Å². The molecule has 0 spiro atoms. The third-order valence-corrected chi connectivity index (χ3v) is 1.05. The third-order valence-electron chi connectivity index (χ3n) is 0.425. The van der Waals surface area contributed by atoms with Crippen LogP contribution in [-0.2, 0) is 31.7 Å². The maximum atomic E-state index is 7.75. The van der Waals surface area contributed by atoms with Gasteiger partial charge < -0.3 is 14.4 Å². The first-order valence-corrected chi connectivity index (χ1v) is 3.12. The Kier molecular flexibility index (Phi) is 91.1. The minimum atomic E-state index is 0. The zero-order chi connectivity index (χ0) is 9.54. The van der Waals surface area contributed by atoms with Crippen LogP contribution >= 0.6 is 11.3 Å². The van der Waals surface area contributed by atoms with Crippen molar-refractivity contribution < 1.29 is 31.7 Å². The van der Waals surface area contributed by atoms with E-state index in [2.05, 4.69) is 20.4 Å². The predicted octanol–water partition coefficient (Wildman–Crippen LogP) is 0.923. The number of thiophene rings is 1. The minimum Gasteiger partial charge on any atom is -0.545 e. The average Bonchev–Trinajstić information content (AvgIpc) is 2.71. The van der Waals surface area contributed by atoms with Crippen LogP contribution in [0.4, 0.5) is 0 Å². The first-order valence-electron chi connectivity index (χ1n) is 2.18. The summed E-state index contributed by atoms with van der Waals surface area (Å²) in [6.07, 6.45) is 0. The van der Waals surface area contributed by atoms with Gasteiger partial charge in [0.05, 0.1) is 0 Å². The fraction of sp³-hybridized carbons (Fsp3) is 0. The van der Waals surface area contributed by atoms with Gasteiger partial charge in [0.1, 0.15) is 0 Å². The quantitative estimate of drug-likeness (QED) is 0.485. The molecule has 0 saturated carbocycles. The monoisotopic (exact) mass is 223 g/mol. The van der Waals surface area contributed by atoms with Crippen LogP contribution in [0.15, 0.2) is 22.9 Å². The Hall–Kier alpha value is -0.758. The summed E-state index contributed by atoms with van der Waals surface area (Å²) >= 11 is 1.71. The van der Waals surface area contributed by atoms with Crippen molar-refractivity contribution in [3.8, 4) is 0 Å². The first kappa shape index (κ1) is 22.5. The summed E-state index contributed by atoms with van der Waals surface area (Å²) in [6.45, 7) is 9.75. The van der Waals surface area contributed by atoms with Gasteiger partial charge in [-0.1, -0.05) is 12.1 Å². The SMILES string of the molecule is [CH-]=O.[CH-]=O.[CH-]=O.[Cr+3].c1ccsc1. The largest absolute Gasteiger partial charge is 3.00 e. The molecule has 1 aromatic rings. The number of hydrogen-bond donors (Lipinski definition) is 0. The second-order valence-corrected chi connectivity index (χ2v) is 1.61. The molecule has 0 atom stereocenters. The molecule has 5 heteroatoms. The zero-order valence-corrected chi connectivity index (χ0v) is 8.17. The van der Waals surface area contributed by atoms with Gasteiger partial charge in [0.2, 0.25) is 0 Å². The molecule has 0 saturated heterocycles. The van der Waals surface area contributed by atoms with Crippen molar-refractivity contribution in [1.29, 1.82) is 0 Å². The molecule has 0 amide bonds. The molecule has 0 aromatic carbocycles. The van der Waals surface area contributed by atoms with E-state index in [1.54, 1.807) is 11.3 Å². The molecular weight excluding hydrogens is 216 g/mol. The molecular formula is C7H7CrO3S. The standard InChI is InChI=1S/C4H4S.3CHO.Cr/c1-2-4-5-3-1;3*1-2;/h1-4H;3*1H;/q;3*-1;+3. The maximum absolute atomic E-state index is 7.75. The van der Waals surface area contributed by atoms with E-state index < -0.39 is 0 Å². The van der Waals surface area contributed by atoms with Crippen molar-refractivity contribution in [2.75, 3.05) is 0 Å². The molecule has 0 bridgehead atoms. The van der Waals surface area contributed by atoms with Crippen LogP contribution in [0.1, 0.15) is 0 Å². The normalized spacial score (nSPS) is 4.33. The topological polar surface area (TPSA) is 51.2 Å². The summed E-state index contributed by atoms with van der Waals surface area (Å²) in [7, 11) is 0. The van der Waals surface area contributed by atoms with Gasteiger partial charge in [0.15, 0.2) is 0 Å². The molecule has 1 aromatic heterocycles. The molecule has 0 N–H and O–H groups in total. The molecule has 1 heterocycles. The van der Waals surface area contributed by atoms with E-state index in [0.717, 1.165) is 0 Å². The molecule has 1 rings (SSSR count). The molecule has 0 aliphatic carbocycles. The van der Waals surface area contributed by atoms with Gasteiger partial charge in [0, 0.05) is 0 Å². The Morgan fingerprint density at radius 3 is 1.08 bits per heavy atom. The summed E-state index contributed by atoms with van der Waals surface area (Å²) in [6, 6.07) is 4.04. The first-order chi connectivity index (χ1) is 5.50.